The van der Waals surface area contributed by atoms with Gasteiger partial charge in [-0.1, -0.05) is 34.9 Å². The number of aromatic nitrogens is 5. The Kier molecular flexibility index (Phi) is 11.9. The van der Waals surface area contributed by atoms with Gasteiger partial charge in [0, 0.05) is 43.9 Å². The van der Waals surface area contributed by atoms with Crippen LogP contribution >= 0.6 is 0 Å². The molecule has 2 saturated heterocycles. The Morgan fingerprint density at radius 2 is 1.62 bits per heavy atom. The van der Waals surface area contributed by atoms with Crippen LogP contribution < -0.4 is 39.0 Å². The first-order valence-corrected chi connectivity index (χ1v) is 21.2. The second-order valence-corrected chi connectivity index (χ2v) is 16.6. The number of pyridine rings is 3. The lowest BCUT2D eigenvalue weighted by Crippen LogP contribution is -2.53. The van der Waals surface area contributed by atoms with Crippen molar-refractivity contribution in [1.29, 1.82) is 0 Å². The van der Waals surface area contributed by atoms with E-state index >= 15 is 26.3 Å². The van der Waals surface area contributed by atoms with Crippen molar-refractivity contribution in [3.8, 4) is 34.8 Å². The highest BCUT2D eigenvalue weighted by Crippen LogP contribution is 2.44. The molecule has 0 radical (unpaired) electrons. The number of benzene rings is 2. The average Bonchev–Trinajstić information content (AvgIpc) is 3.77. The van der Waals surface area contributed by atoms with Crippen LogP contribution in [0.15, 0.2) is 72.9 Å². The summed E-state index contributed by atoms with van der Waals surface area (Å²) in [5, 5.41) is -0.122. The van der Waals surface area contributed by atoms with Gasteiger partial charge in [0.25, 0.3) is 0 Å². The zero-order valence-corrected chi connectivity index (χ0v) is 36.1. The summed E-state index contributed by atoms with van der Waals surface area (Å²) in [6, 6.07) is 16.4. The topological polar surface area (TPSA) is 128 Å². The van der Waals surface area contributed by atoms with Crippen LogP contribution in [-0.4, -0.2) is 83.6 Å². The van der Waals surface area contributed by atoms with Crippen LogP contribution in [0, 0.1) is 17.6 Å². The molecule has 346 valence electrons. The van der Waals surface area contributed by atoms with Crippen molar-refractivity contribution in [3.05, 3.63) is 107 Å². The Labute approximate surface area is 374 Å². The number of nitrogens with two attached hydrogens (primary N) is 1. The second kappa shape index (κ2) is 17.6. The molecule has 0 aliphatic carbocycles. The molecule has 20 heteroatoms. The zero-order valence-electron chi connectivity index (χ0n) is 36.1. The highest BCUT2D eigenvalue weighted by Gasteiger charge is 2.52. The lowest BCUT2D eigenvalue weighted by atomic mass is 9.95. The fourth-order valence-electron chi connectivity index (χ4n) is 9.32. The third-order valence-corrected chi connectivity index (χ3v) is 12.6. The molecule has 0 saturated carbocycles. The van der Waals surface area contributed by atoms with Gasteiger partial charge >= 0.3 is 18.3 Å². The number of rotatable bonds is 13. The summed E-state index contributed by atoms with van der Waals surface area (Å²) in [6.45, 7) is 2.28. The van der Waals surface area contributed by atoms with Crippen LogP contribution in [0.25, 0.3) is 22.3 Å². The molecule has 6 aromatic rings. The predicted octanol–water partition coefficient (Wildman–Crippen LogP) is 7.99. The van der Waals surface area contributed by atoms with E-state index in [0.717, 1.165) is 6.42 Å². The van der Waals surface area contributed by atoms with Crippen molar-refractivity contribution >= 4 is 28.2 Å². The smallest absolute Gasteiger partial charge is 0.497 e. The SMILES string of the molecule is COc1ccc(CN(Cc2ccc(OC)cc2)c2cc(-c3nc4c5c(nc(OC[C@@]67CCCN6C[C@H](F)C7)nc5c3F)N([C@H](C)c3cccnc3N)CCO4)[n+](C(F)(F)F)c(F)c2F)cc1. The lowest BCUT2D eigenvalue weighted by molar-refractivity contribution is -0.866. The highest BCUT2D eigenvalue weighted by atomic mass is 19.4. The fraction of sp³-hybridized carbons (Fsp3) is 0.370. The van der Waals surface area contributed by atoms with Crippen LogP contribution in [0.4, 0.5) is 48.1 Å². The van der Waals surface area contributed by atoms with Gasteiger partial charge in [-0.2, -0.15) is 14.4 Å². The zero-order chi connectivity index (χ0) is 46.5. The number of hydrogen-bond donors (Lipinski definition) is 1. The summed E-state index contributed by atoms with van der Waals surface area (Å²) in [5.41, 5.74) is 3.87. The standard InChI is InChI=1S/C46H45F7N9O4/c1-26(32-6-4-16-55-41(32)54)61-18-19-65-43-35-39(57-44(58-42(35)61)66-25-45-15-5-17-60(45)24-29(47)21-45)37(49)38(56-43)34-20-33(36(48)40(50)62(34)46(51,52)53)59(22-27-7-11-30(63-2)12-8-27)23-28-9-13-31(64-3)14-10-28/h4,6-14,16,20,26,29H,5,15,17-19,21-25H2,1-3H3,(H2,54,55)/q+1/t26-,29-,45+/m1/s1. The number of hydrogen-bond acceptors (Lipinski definition) is 12. The summed E-state index contributed by atoms with van der Waals surface area (Å²) in [5.74, 6) is -4.72. The molecule has 0 amide bonds. The number of ether oxygens (including phenoxy) is 4. The van der Waals surface area contributed by atoms with Crippen LogP contribution in [0.5, 0.6) is 23.4 Å². The van der Waals surface area contributed by atoms with Crippen LogP contribution in [-0.2, 0) is 19.4 Å². The molecule has 0 bridgehead atoms. The first kappa shape index (κ1) is 44.5. The second-order valence-electron chi connectivity index (χ2n) is 16.6. The van der Waals surface area contributed by atoms with Crippen LogP contribution in [0.2, 0.25) is 0 Å². The number of anilines is 3. The first-order valence-electron chi connectivity index (χ1n) is 21.2. The van der Waals surface area contributed by atoms with Gasteiger partial charge in [-0.25, -0.2) is 18.7 Å². The minimum absolute atomic E-state index is 0.0478. The molecule has 13 nitrogen and oxygen atoms in total. The summed E-state index contributed by atoms with van der Waals surface area (Å²) in [4.78, 5) is 22.7. The molecule has 3 atom stereocenters. The first-order chi connectivity index (χ1) is 31.7. The van der Waals surface area contributed by atoms with E-state index in [1.165, 1.54) is 25.3 Å². The lowest BCUT2D eigenvalue weighted by Gasteiger charge is -2.32. The van der Waals surface area contributed by atoms with E-state index in [2.05, 4.69) is 15.0 Å². The van der Waals surface area contributed by atoms with Crippen molar-refractivity contribution < 1.29 is 54.2 Å². The minimum Gasteiger partial charge on any atom is -0.497 e. The Balaban J connectivity index is 1.23. The van der Waals surface area contributed by atoms with Gasteiger partial charge in [0.15, 0.2) is 11.5 Å². The highest BCUT2D eigenvalue weighted by molar-refractivity contribution is 5.97. The molecule has 0 spiro atoms. The van der Waals surface area contributed by atoms with E-state index in [1.54, 1.807) is 72.5 Å². The van der Waals surface area contributed by atoms with Crippen LogP contribution in [0.3, 0.4) is 0 Å². The third-order valence-electron chi connectivity index (χ3n) is 12.6. The van der Waals surface area contributed by atoms with Crippen molar-refractivity contribution in [3.63, 3.8) is 0 Å². The number of alkyl halides is 4. The maximum absolute atomic E-state index is 17.7. The Morgan fingerprint density at radius 3 is 2.26 bits per heavy atom. The van der Waals surface area contributed by atoms with Gasteiger partial charge in [-0.15, -0.1) is 17.6 Å². The van der Waals surface area contributed by atoms with Gasteiger partial charge in [0.2, 0.25) is 17.4 Å². The van der Waals surface area contributed by atoms with Gasteiger partial charge in [0.05, 0.1) is 38.0 Å². The molecular formula is C46H45F7N9O4+. The minimum atomic E-state index is -5.63. The predicted molar refractivity (Wildman–Crippen MR) is 228 cm³/mol. The molecule has 0 unspecified atom stereocenters. The third kappa shape index (κ3) is 8.26. The summed E-state index contributed by atoms with van der Waals surface area (Å²) in [6.07, 6.45) is -3.57. The van der Waals surface area contributed by atoms with E-state index in [-0.39, 0.29) is 74.7 Å². The van der Waals surface area contributed by atoms with Gasteiger partial charge in [0.1, 0.15) is 53.4 Å². The Bertz CT molecular complexity index is 2720. The summed E-state index contributed by atoms with van der Waals surface area (Å²) >= 11 is 0. The number of nitrogen functional groups attached to an aromatic ring is 1. The molecule has 7 heterocycles. The van der Waals surface area contributed by atoms with Gasteiger partial charge in [-0.3, -0.25) is 4.90 Å². The maximum Gasteiger partial charge on any atom is 0.641 e. The van der Waals surface area contributed by atoms with Crippen molar-refractivity contribution in [2.24, 2.45) is 0 Å². The van der Waals surface area contributed by atoms with E-state index in [0.29, 0.717) is 47.2 Å². The fourth-order valence-corrected chi connectivity index (χ4v) is 9.32. The number of nitrogens with zero attached hydrogens (tertiary/aromatic N) is 8. The molecule has 4 aromatic heterocycles. The molecular weight excluding hydrogens is 876 g/mol. The monoisotopic (exact) mass is 920 g/mol. The molecule has 3 aliphatic heterocycles. The molecule has 3 aliphatic rings. The number of fused-ring (bicyclic) bond motifs is 1. The van der Waals surface area contributed by atoms with Gasteiger partial charge < -0.3 is 34.5 Å². The molecule has 66 heavy (non-hydrogen) atoms. The van der Waals surface area contributed by atoms with E-state index in [1.807, 2.05) is 4.90 Å². The van der Waals surface area contributed by atoms with Crippen molar-refractivity contribution in [1.82, 2.24) is 24.8 Å². The molecule has 9 rings (SSSR count). The van der Waals surface area contributed by atoms with Crippen LogP contribution in [0.1, 0.15) is 48.9 Å². The Morgan fingerprint density at radius 1 is 0.939 bits per heavy atom. The summed E-state index contributed by atoms with van der Waals surface area (Å²) < 4.78 is 133. The Hall–Kier alpha value is -6.70. The number of halogens is 7. The molecule has 2 aromatic carbocycles. The van der Waals surface area contributed by atoms with E-state index in [9.17, 15) is 4.39 Å². The normalized spacial score (nSPS) is 18.8. The maximum atomic E-state index is 17.7. The average molecular weight is 921 g/mol. The quantitative estimate of drug-likeness (QED) is 0.0686. The van der Waals surface area contributed by atoms with Crippen molar-refractivity contribution in [2.45, 2.75) is 63.3 Å². The van der Waals surface area contributed by atoms with E-state index < -0.39 is 68.8 Å². The van der Waals surface area contributed by atoms with Crippen molar-refractivity contribution in [2.75, 3.05) is 62.6 Å². The van der Waals surface area contributed by atoms with E-state index in [4.69, 9.17) is 29.7 Å². The summed E-state index contributed by atoms with van der Waals surface area (Å²) in [7, 11) is 2.95. The molecule has 2 N–H and O–H groups in total. The largest absolute Gasteiger partial charge is 0.641 e. The number of methoxy groups -OCH3 is 2. The van der Waals surface area contributed by atoms with Gasteiger partial charge in [-0.05, 0) is 67.8 Å². The molecule has 2 fully saturated rings.